The number of benzene rings is 2. The third kappa shape index (κ3) is 4.14. The second kappa shape index (κ2) is 9.25. The van der Waals surface area contributed by atoms with Crippen molar-refractivity contribution in [1.82, 2.24) is 18.9 Å². The number of ether oxygens (including phenoxy) is 1. The van der Waals surface area contributed by atoms with E-state index >= 15 is 0 Å². The van der Waals surface area contributed by atoms with Crippen molar-refractivity contribution in [2.75, 3.05) is 42.6 Å². The summed E-state index contributed by atoms with van der Waals surface area (Å²) in [6.07, 6.45) is 2.19. The van der Waals surface area contributed by atoms with Crippen LogP contribution in [0.3, 0.4) is 0 Å². The summed E-state index contributed by atoms with van der Waals surface area (Å²) < 4.78 is 48.8. The van der Waals surface area contributed by atoms with Crippen LogP contribution in [0, 0.1) is 12.7 Å². The van der Waals surface area contributed by atoms with Gasteiger partial charge in [0, 0.05) is 49.2 Å². The maximum absolute atomic E-state index is 14.4. The Kier molecular flexibility index (Phi) is 5.79. The molecule has 2 aliphatic heterocycles. The standard InChI is InChI=1S/C27H25FN6O3S2/c1-17-2-5-19(6-3-17)39(35,36)34-23-8-9-33(16-21(23)20-7-4-18(28)14-24(20)34)26-29-15-22-25(31-26)38-27(30-22)32-10-12-37-13-11-32/h2-7,14-15H,8-13,16H2,1H3. The highest BCUT2D eigenvalue weighted by molar-refractivity contribution is 7.90. The molecule has 2 aromatic carbocycles. The molecule has 0 N–H and O–H groups in total. The summed E-state index contributed by atoms with van der Waals surface area (Å²) in [5, 5.41) is 1.62. The summed E-state index contributed by atoms with van der Waals surface area (Å²) in [4.78, 5) is 19.4. The van der Waals surface area contributed by atoms with Crippen molar-refractivity contribution < 1.29 is 17.5 Å². The molecule has 0 saturated carbocycles. The lowest BCUT2D eigenvalue weighted by molar-refractivity contribution is 0.122. The number of halogens is 1. The Labute approximate surface area is 228 Å². The van der Waals surface area contributed by atoms with Crippen LogP contribution in [0.2, 0.25) is 0 Å². The number of morpholine rings is 1. The van der Waals surface area contributed by atoms with Crippen molar-refractivity contribution in [2.24, 2.45) is 0 Å². The minimum absolute atomic E-state index is 0.176. The molecule has 2 aliphatic rings. The van der Waals surface area contributed by atoms with Crippen LogP contribution >= 0.6 is 11.3 Å². The zero-order valence-electron chi connectivity index (χ0n) is 21.2. The molecule has 0 spiro atoms. The number of thiazole rings is 1. The Hall–Kier alpha value is -3.61. The number of rotatable bonds is 4. The van der Waals surface area contributed by atoms with Crippen molar-refractivity contribution in [1.29, 1.82) is 0 Å². The van der Waals surface area contributed by atoms with E-state index in [9.17, 15) is 12.8 Å². The monoisotopic (exact) mass is 564 g/mol. The lowest BCUT2D eigenvalue weighted by atomic mass is 10.0. The van der Waals surface area contributed by atoms with Gasteiger partial charge in [0.2, 0.25) is 5.95 Å². The molecule has 9 nitrogen and oxygen atoms in total. The van der Waals surface area contributed by atoms with E-state index in [1.165, 1.54) is 27.4 Å². The van der Waals surface area contributed by atoms with Gasteiger partial charge in [-0.1, -0.05) is 29.0 Å². The largest absolute Gasteiger partial charge is 0.378 e. The minimum atomic E-state index is -3.94. The molecule has 12 heteroatoms. The van der Waals surface area contributed by atoms with E-state index in [1.54, 1.807) is 36.5 Å². The van der Waals surface area contributed by atoms with Gasteiger partial charge in [-0.2, -0.15) is 4.98 Å². The van der Waals surface area contributed by atoms with Crippen molar-refractivity contribution in [3.8, 4) is 0 Å². The Morgan fingerprint density at radius 2 is 1.79 bits per heavy atom. The van der Waals surface area contributed by atoms with Crippen molar-refractivity contribution in [3.63, 3.8) is 0 Å². The molecule has 200 valence electrons. The topological polar surface area (TPSA) is 93.5 Å². The lowest BCUT2D eigenvalue weighted by Gasteiger charge is -2.28. The SMILES string of the molecule is Cc1ccc(S(=O)(=O)n2c3c(c4ccc(F)cc42)CN(c2ncc4nc(N5CCOCC5)sc4n2)CC3)cc1. The number of hydrogen-bond acceptors (Lipinski definition) is 9. The van der Waals surface area contributed by atoms with Crippen LogP contribution in [-0.4, -0.2) is 60.2 Å². The molecule has 0 unspecified atom stereocenters. The van der Waals surface area contributed by atoms with Gasteiger partial charge >= 0.3 is 0 Å². The summed E-state index contributed by atoms with van der Waals surface area (Å²) in [6.45, 7) is 5.79. The smallest absolute Gasteiger partial charge is 0.268 e. The van der Waals surface area contributed by atoms with Gasteiger partial charge in [-0.25, -0.2) is 26.7 Å². The average Bonchev–Trinajstić information content (AvgIpc) is 3.52. The van der Waals surface area contributed by atoms with Gasteiger partial charge in [0.05, 0.1) is 29.8 Å². The number of fused-ring (bicyclic) bond motifs is 4. The molecule has 0 amide bonds. The quantitative estimate of drug-likeness (QED) is 0.322. The number of anilines is 2. The average molecular weight is 565 g/mol. The summed E-state index contributed by atoms with van der Waals surface area (Å²) in [7, 11) is -3.94. The first-order valence-electron chi connectivity index (χ1n) is 12.7. The zero-order chi connectivity index (χ0) is 26.7. The zero-order valence-corrected chi connectivity index (χ0v) is 22.8. The third-order valence-corrected chi connectivity index (χ3v) is 10.1. The fourth-order valence-corrected chi connectivity index (χ4v) is 7.86. The molecular weight excluding hydrogens is 539 g/mol. The first-order chi connectivity index (χ1) is 18.9. The van der Waals surface area contributed by atoms with E-state index in [1.807, 2.05) is 11.8 Å². The maximum Gasteiger partial charge on any atom is 0.268 e. The molecule has 5 heterocycles. The molecule has 0 bridgehead atoms. The summed E-state index contributed by atoms with van der Waals surface area (Å²) in [6, 6.07) is 11.1. The first-order valence-corrected chi connectivity index (χ1v) is 15.0. The van der Waals surface area contributed by atoms with Gasteiger partial charge in [0.15, 0.2) is 9.96 Å². The fourth-order valence-electron chi connectivity index (χ4n) is 5.31. The van der Waals surface area contributed by atoms with Crippen LogP contribution in [0.1, 0.15) is 16.8 Å². The number of hydrogen-bond donors (Lipinski definition) is 0. The van der Waals surface area contributed by atoms with E-state index in [0.29, 0.717) is 55.3 Å². The molecule has 5 aromatic rings. The number of aryl methyl sites for hydroxylation is 1. The normalized spacial score (nSPS) is 16.3. The molecule has 7 rings (SSSR count). The Balaban J connectivity index is 1.28. The van der Waals surface area contributed by atoms with Gasteiger partial charge in [0.25, 0.3) is 10.0 Å². The molecule has 1 saturated heterocycles. The van der Waals surface area contributed by atoms with Crippen LogP contribution in [0.25, 0.3) is 21.3 Å². The van der Waals surface area contributed by atoms with Gasteiger partial charge in [-0.05, 0) is 37.3 Å². The lowest BCUT2D eigenvalue weighted by Crippen LogP contribution is -2.36. The highest BCUT2D eigenvalue weighted by atomic mass is 32.2. The number of nitrogens with zero attached hydrogens (tertiary/aromatic N) is 6. The van der Waals surface area contributed by atoms with Gasteiger partial charge in [-0.15, -0.1) is 0 Å². The second-order valence-corrected chi connectivity index (χ2v) is 12.5. The summed E-state index contributed by atoms with van der Waals surface area (Å²) in [5.41, 5.74) is 3.57. The Bertz CT molecular complexity index is 1830. The molecule has 39 heavy (non-hydrogen) atoms. The highest BCUT2D eigenvalue weighted by Crippen LogP contribution is 2.36. The Morgan fingerprint density at radius 3 is 2.59 bits per heavy atom. The van der Waals surface area contributed by atoms with Gasteiger partial charge in [0.1, 0.15) is 11.3 Å². The van der Waals surface area contributed by atoms with Gasteiger partial charge < -0.3 is 14.5 Å². The molecular formula is C27H25FN6O3S2. The minimum Gasteiger partial charge on any atom is -0.378 e. The molecule has 0 atom stereocenters. The van der Waals surface area contributed by atoms with E-state index in [-0.39, 0.29) is 4.90 Å². The molecule has 0 radical (unpaired) electrons. The van der Waals surface area contributed by atoms with Crippen LogP contribution in [0.15, 0.2) is 53.6 Å². The van der Waals surface area contributed by atoms with Crippen LogP contribution in [0.4, 0.5) is 15.5 Å². The molecule has 0 aliphatic carbocycles. The third-order valence-electron chi connectivity index (χ3n) is 7.32. The van der Waals surface area contributed by atoms with E-state index in [2.05, 4.69) is 9.88 Å². The van der Waals surface area contributed by atoms with Crippen LogP contribution < -0.4 is 9.80 Å². The van der Waals surface area contributed by atoms with E-state index < -0.39 is 15.8 Å². The Morgan fingerprint density at radius 1 is 1.00 bits per heavy atom. The number of aromatic nitrogens is 4. The van der Waals surface area contributed by atoms with Gasteiger partial charge in [-0.3, -0.25) is 0 Å². The highest BCUT2D eigenvalue weighted by Gasteiger charge is 2.31. The second-order valence-electron chi connectivity index (χ2n) is 9.80. The van der Waals surface area contributed by atoms with Crippen molar-refractivity contribution in [3.05, 3.63) is 71.3 Å². The predicted molar refractivity (Wildman–Crippen MR) is 149 cm³/mol. The fraction of sp³-hybridized carbons (Fsp3) is 0.296. The molecule has 3 aromatic heterocycles. The van der Waals surface area contributed by atoms with E-state index in [4.69, 9.17) is 14.7 Å². The summed E-state index contributed by atoms with van der Waals surface area (Å²) >= 11 is 1.53. The van der Waals surface area contributed by atoms with Crippen LogP contribution in [0.5, 0.6) is 0 Å². The van der Waals surface area contributed by atoms with Crippen molar-refractivity contribution in [2.45, 2.75) is 24.8 Å². The predicted octanol–water partition coefficient (Wildman–Crippen LogP) is 4.12. The van der Waals surface area contributed by atoms with Crippen molar-refractivity contribution >= 4 is 53.7 Å². The maximum atomic E-state index is 14.4. The van der Waals surface area contributed by atoms with Crippen LogP contribution in [-0.2, 0) is 27.7 Å². The first kappa shape index (κ1) is 24.4. The van der Waals surface area contributed by atoms with E-state index in [0.717, 1.165) is 39.7 Å². The molecule has 1 fully saturated rings. The summed E-state index contributed by atoms with van der Waals surface area (Å²) in [5.74, 6) is 0.0827.